The monoisotopic (exact) mass is 338 g/mol. The highest BCUT2D eigenvalue weighted by Crippen LogP contribution is 2.48. The lowest BCUT2D eigenvalue weighted by molar-refractivity contribution is -0.137. The SMILES string of the molecule is CC1SC(c2cccnc2)N(c2ccccc2C(F)(F)F)C1=O. The second-order valence-electron chi connectivity index (χ2n) is 5.14. The Kier molecular flexibility index (Phi) is 4.06. The van der Waals surface area contributed by atoms with Crippen molar-refractivity contribution in [1.29, 1.82) is 0 Å². The number of pyridine rings is 1. The first-order valence-electron chi connectivity index (χ1n) is 6.94. The number of aromatic nitrogens is 1. The van der Waals surface area contributed by atoms with Gasteiger partial charge in [-0.05, 0) is 25.1 Å². The number of para-hydroxylation sites is 1. The molecule has 120 valence electrons. The van der Waals surface area contributed by atoms with Crippen LogP contribution < -0.4 is 4.90 Å². The minimum atomic E-state index is -4.52. The van der Waals surface area contributed by atoms with Crippen LogP contribution >= 0.6 is 11.8 Å². The van der Waals surface area contributed by atoms with Crippen LogP contribution in [0.4, 0.5) is 18.9 Å². The summed E-state index contributed by atoms with van der Waals surface area (Å²) in [5.74, 6) is -0.333. The van der Waals surface area contributed by atoms with E-state index in [4.69, 9.17) is 0 Å². The van der Waals surface area contributed by atoms with E-state index in [9.17, 15) is 18.0 Å². The average molecular weight is 338 g/mol. The summed E-state index contributed by atoms with van der Waals surface area (Å²) in [5, 5.41) is -0.934. The number of carbonyl (C=O) groups is 1. The summed E-state index contributed by atoms with van der Waals surface area (Å²) in [6.07, 6.45) is -1.36. The zero-order chi connectivity index (χ0) is 16.6. The number of rotatable bonds is 2. The molecule has 1 amide bonds. The molecular weight excluding hydrogens is 325 g/mol. The van der Waals surface area contributed by atoms with Gasteiger partial charge < -0.3 is 0 Å². The average Bonchev–Trinajstić information content (AvgIpc) is 2.83. The zero-order valence-corrected chi connectivity index (χ0v) is 12.9. The first-order chi connectivity index (χ1) is 10.9. The molecule has 23 heavy (non-hydrogen) atoms. The molecule has 2 aromatic rings. The van der Waals surface area contributed by atoms with E-state index in [0.717, 1.165) is 6.07 Å². The lowest BCUT2D eigenvalue weighted by atomic mass is 10.1. The minimum absolute atomic E-state index is 0.115. The number of hydrogen-bond acceptors (Lipinski definition) is 3. The normalized spacial score (nSPS) is 21.7. The van der Waals surface area contributed by atoms with Gasteiger partial charge in [0, 0.05) is 18.0 Å². The fourth-order valence-corrected chi connectivity index (χ4v) is 3.79. The summed E-state index contributed by atoms with van der Waals surface area (Å²) in [5.41, 5.74) is -0.222. The van der Waals surface area contributed by atoms with Gasteiger partial charge in [-0.3, -0.25) is 14.7 Å². The summed E-state index contributed by atoms with van der Waals surface area (Å²) in [7, 11) is 0. The molecule has 1 aliphatic heterocycles. The third-order valence-corrected chi connectivity index (χ3v) is 4.94. The third kappa shape index (κ3) is 2.93. The van der Waals surface area contributed by atoms with Crippen molar-refractivity contribution in [1.82, 2.24) is 4.98 Å². The van der Waals surface area contributed by atoms with Crippen LogP contribution in [0.5, 0.6) is 0 Å². The molecule has 0 aliphatic carbocycles. The van der Waals surface area contributed by atoms with Gasteiger partial charge in [-0.25, -0.2) is 0 Å². The fraction of sp³-hybridized carbons (Fsp3) is 0.250. The van der Waals surface area contributed by atoms with Crippen molar-refractivity contribution in [3.05, 3.63) is 59.9 Å². The highest BCUT2D eigenvalue weighted by Gasteiger charge is 2.43. The van der Waals surface area contributed by atoms with Crippen LogP contribution in [0.1, 0.15) is 23.4 Å². The lowest BCUT2D eigenvalue weighted by Gasteiger charge is -2.26. The van der Waals surface area contributed by atoms with Crippen molar-refractivity contribution in [2.24, 2.45) is 0 Å². The Bertz CT molecular complexity index is 721. The number of anilines is 1. The van der Waals surface area contributed by atoms with Crippen LogP contribution in [0.15, 0.2) is 48.8 Å². The molecule has 1 aromatic heterocycles. The van der Waals surface area contributed by atoms with Crippen molar-refractivity contribution in [2.75, 3.05) is 4.90 Å². The number of alkyl halides is 3. The maximum Gasteiger partial charge on any atom is 0.418 e. The predicted molar refractivity (Wildman–Crippen MR) is 83.0 cm³/mol. The van der Waals surface area contributed by atoms with Crippen molar-refractivity contribution in [2.45, 2.75) is 23.7 Å². The van der Waals surface area contributed by atoms with Gasteiger partial charge in [-0.1, -0.05) is 18.2 Å². The van der Waals surface area contributed by atoms with Crippen molar-refractivity contribution < 1.29 is 18.0 Å². The second kappa shape index (κ2) is 5.88. The van der Waals surface area contributed by atoms with Crippen LogP contribution in [0, 0.1) is 0 Å². The highest BCUT2D eigenvalue weighted by molar-refractivity contribution is 8.01. The molecule has 3 rings (SSSR count). The Morgan fingerprint density at radius 1 is 1.17 bits per heavy atom. The maximum absolute atomic E-state index is 13.3. The molecule has 1 saturated heterocycles. The Labute approximate surface area is 135 Å². The van der Waals surface area contributed by atoms with Crippen molar-refractivity contribution in [3.8, 4) is 0 Å². The molecule has 0 saturated carbocycles. The van der Waals surface area contributed by atoms with E-state index >= 15 is 0 Å². The number of halogens is 3. The minimum Gasteiger partial charge on any atom is -0.294 e. The number of hydrogen-bond donors (Lipinski definition) is 0. The molecule has 0 spiro atoms. The van der Waals surface area contributed by atoms with Crippen molar-refractivity contribution >= 4 is 23.4 Å². The molecule has 2 heterocycles. The third-order valence-electron chi connectivity index (χ3n) is 3.59. The van der Waals surface area contributed by atoms with E-state index in [0.29, 0.717) is 5.56 Å². The molecule has 2 atom stereocenters. The van der Waals surface area contributed by atoms with E-state index < -0.39 is 22.4 Å². The van der Waals surface area contributed by atoms with Gasteiger partial charge in [-0.2, -0.15) is 13.2 Å². The first-order valence-corrected chi connectivity index (χ1v) is 7.88. The Morgan fingerprint density at radius 2 is 1.91 bits per heavy atom. The van der Waals surface area contributed by atoms with Gasteiger partial charge in [-0.15, -0.1) is 11.8 Å². The highest BCUT2D eigenvalue weighted by atomic mass is 32.2. The first kappa shape index (κ1) is 15.9. The topological polar surface area (TPSA) is 33.2 Å². The lowest BCUT2D eigenvalue weighted by Crippen LogP contribution is -2.32. The standard InChI is InChI=1S/C16H13F3N2OS/c1-10-14(22)21(15(23-10)11-5-4-8-20-9-11)13-7-3-2-6-12(13)16(17,18)19/h2-10,15H,1H3. The molecule has 1 aromatic carbocycles. The Hall–Kier alpha value is -2.02. The van der Waals surface area contributed by atoms with Gasteiger partial charge >= 0.3 is 6.18 Å². The van der Waals surface area contributed by atoms with Gasteiger partial charge in [0.15, 0.2) is 0 Å². The van der Waals surface area contributed by atoms with Crippen LogP contribution in [0.3, 0.4) is 0 Å². The molecule has 0 bridgehead atoms. The Balaban J connectivity index is 2.11. The second-order valence-corrected chi connectivity index (χ2v) is 6.57. The van der Waals surface area contributed by atoms with Gasteiger partial charge in [0.1, 0.15) is 5.37 Å². The fourth-order valence-electron chi connectivity index (χ4n) is 2.54. The van der Waals surface area contributed by atoms with E-state index in [1.807, 2.05) is 0 Å². The maximum atomic E-state index is 13.3. The summed E-state index contributed by atoms with van der Waals surface area (Å²) >= 11 is 1.32. The number of nitrogens with zero attached hydrogens (tertiary/aromatic N) is 2. The summed E-state index contributed by atoms with van der Waals surface area (Å²) in [4.78, 5) is 17.7. The largest absolute Gasteiger partial charge is 0.418 e. The zero-order valence-electron chi connectivity index (χ0n) is 12.1. The number of carbonyl (C=O) groups excluding carboxylic acids is 1. The molecule has 7 heteroatoms. The number of benzene rings is 1. The van der Waals surface area contributed by atoms with Gasteiger partial charge in [0.25, 0.3) is 0 Å². The van der Waals surface area contributed by atoms with Crippen LogP contribution in [-0.2, 0) is 11.0 Å². The van der Waals surface area contributed by atoms with E-state index in [2.05, 4.69) is 4.98 Å². The summed E-state index contributed by atoms with van der Waals surface area (Å²) in [6.45, 7) is 1.70. The molecule has 1 aliphatic rings. The summed E-state index contributed by atoms with van der Waals surface area (Å²) in [6, 6.07) is 8.63. The van der Waals surface area contributed by atoms with Crippen LogP contribution in [-0.4, -0.2) is 16.1 Å². The van der Waals surface area contributed by atoms with Gasteiger partial charge in [0.05, 0.1) is 16.5 Å². The molecule has 1 fully saturated rings. The van der Waals surface area contributed by atoms with Crippen LogP contribution in [0.2, 0.25) is 0 Å². The number of thioether (sulfide) groups is 1. The van der Waals surface area contributed by atoms with Crippen LogP contribution in [0.25, 0.3) is 0 Å². The van der Waals surface area contributed by atoms with Gasteiger partial charge in [0.2, 0.25) is 5.91 Å². The Morgan fingerprint density at radius 3 is 2.57 bits per heavy atom. The molecule has 2 unspecified atom stereocenters. The number of amides is 1. The molecule has 0 radical (unpaired) electrons. The predicted octanol–water partition coefficient (Wildman–Crippen LogP) is 4.27. The molecule has 3 nitrogen and oxygen atoms in total. The van der Waals surface area contributed by atoms with E-state index in [-0.39, 0.29) is 11.6 Å². The molecular formula is C16H13F3N2OS. The quantitative estimate of drug-likeness (QED) is 0.820. The smallest absolute Gasteiger partial charge is 0.294 e. The van der Waals surface area contributed by atoms with E-state index in [1.165, 1.54) is 34.9 Å². The van der Waals surface area contributed by atoms with E-state index in [1.54, 1.807) is 31.5 Å². The van der Waals surface area contributed by atoms with Crippen molar-refractivity contribution in [3.63, 3.8) is 0 Å². The molecule has 0 N–H and O–H groups in total. The summed E-state index contributed by atoms with van der Waals surface area (Å²) < 4.78 is 39.9.